The van der Waals surface area contributed by atoms with Crippen molar-refractivity contribution in [2.45, 2.75) is 0 Å². The summed E-state index contributed by atoms with van der Waals surface area (Å²) in [7, 11) is 1.83. The lowest BCUT2D eigenvalue weighted by Crippen LogP contribution is -2.23. The molecule has 76 valence electrons. The Morgan fingerprint density at radius 3 is 2.60 bits per heavy atom. The molecule has 4 nitrogen and oxygen atoms in total. The number of hydrogen-bond acceptors (Lipinski definition) is 4. The normalized spacial score (nSPS) is 9.33. The summed E-state index contributed by atoms with van der Waals surface area (Å²) >= 11 is 0. The van der Waals surface area contributed by atoms with Gasteiger partial charge < -0.3 is 10.6 Å². The molecule has 0 aliphatic rings. The van der Waals surface area contributed by atoms with E-state index in [0.717, 1.165) is 5.69 Å². The maximum Gasteiger partial charge on any atom is 0.150 e. The average molecular weight is 200 g/mol. The van der Waals surface area contributed by atoms with Gasteiger partial charge in [-0.2, -0.15) is 10.5 Å². The summed E-state index contributed by atoms with van der Waals surface area (Å²) in [5.74, 6) is -0.614. The minimum absolute atomic E-state index is 0.385. The van der Waals surface area contributed by atoms with Crippen molar-refractivity contribution in [1.82, 2.24) is 0 Å². The summed E-state index contributed by atoms with van der Waals surface area (Å²) in [5, 5.41) is 17.3. The van der Waals surface area contributed by atoms with Gasteiger partial charge in [0.15, 0.2) is 5.92 Å². The lowest BCUT2D eigenvalue weighted by Gasteiger charge is -2.19. The van der Waals surface area contributed by atoms with E-state index in [9.17, 15) is 0 Å². The summed E-state index contributed by atoms with van der Waals surface area (Å²) in [6.45, 7) is 0.385. The summed E-state index contributed by atoms with van der Waals surface area (Å²) in [6.07, 6.45) is 0. The molecule has 0 atom stereocenters. The Morgan fingerprint density at radius 2 is 2.07 bits per heavy atom. The van der Waals surface area contributed by atoms with Crippen molar-refractivity contribution in [2.24, 2.45) is 5.92 Å². The third-order valence-corrected chi connectivity index (χ3v) is 2.08. The SMILES string of the molecule is CN(CC(C#N)C#N)c1cccc(N)c1. The number of nitrogen functional groups attached to an aromatic ring is 1. The van der Waals surface area contributed by atoms with E-state index in [1.165, 1.54) is 0 Å². The van der Waals surface area contributed by atoms with Crippen molar-refractivity contribution in [3.8, 4) is 12.1 Å². The van der Waals surface area contributed by atoms with Gasteiger partial charge in [0.2, 0.25) is 0 Å². The molecule has 0 spiro atoms. The monoisotopic (exact) mass is 200 g/mol. The highest BCUT2D eigenvalue weighted by Crippen LogP contribution is 2.16. The first-order valence-electron chi connectivity index (χ1n) is 4.53. The number of nitrogens with two attached hydrogens (primary N) is 1. The molecular weight excluding hydrogens is 188 g/mol. The van der Waals surface area contributed by atoms with E-state index in [0.29, 0.717) is 12.2 Å². The third kappa shape index (κ3) is 2.89. The summed E-state index contributed by atoms with van der Waals surface area (Å²) in [5.41, 5.74) is 7.21. The molecule has 0 unspecified atom stereocenters. The van der Waals surface area contributed by atoms with Crippen LogP contribution in [0.3, 0.4) is 0 Å². The van der Waals surface area contributed by atoms with E-state index in [-0.39, 0.29) is 0 Å². The van der Waals surface area contributed by atoms with E-state index in [2.05, 4.69) is 0 Å². The lowest BCUT2D eigenvalue weighted by atomic mass is 10.2. The third-order valence-electron chi connectivity index (χ3n) is 2.08. The molecule has 0 aromatic heterocycles. The van der Waals surface area contributed by atoms with Crippen LogP contribution in [-0.2, 0) is 0 Å². The van der Waals surface area contributed by atoms with Gasteiger partial charge in [-0.05, 0) is 18.2 Å². The van der Waals surface area contributed by atoms with E-state index in [1.54, 1.807) is 6.07 Å². The minimum Gasteiger partial charge on any atom is -0.399 e. The highest BCUT2D eigenvalue weighted by atomic mass is 15.1. The molecule has 0 aliphatic heterocycles. The molecule has 0 radical (unpaired) electrons. The highest BCUT2D eigenvalue weighted by Gasteiger charge is 2.09. The molecule has 1 rings (SSSR count). The fourth-order valence-corrected chi connectivity index (χ4v) is 1.25. The predicted octanol–water partition coefficient (Wildman–Crippen LogP) is 1.37. The van der Waals surface area contributed by atoms with Gasteiger partial charge in [-0.25, -0.2) is 0 Å². The number of nitrogens with zero attached hydrogens (tertiary/aromatic N) is 3. The standard InChI is InChI=1S/C11H12N4/c1-15(8-9(6-12)7-13)11-4-2-3-10(14)5-11/h2-5,9H,8,14H2,1H3. The van der Waals surface area contributed by atoms with Crippen LogP contribution in [-0.4, -0.2) is 13.6 Å². The van der Waals surface area contributed by atoms with Crippen molar-refractivity contribution >= 4 is 11.4 Å². The first kappa shape index (κ1) is 10.9. The predicted molar refractivity (Wildman–Crippen MR) is 58.8 cm³/mol. The Balaban J connectivity index is 2.74. The van der Waals surface area contributed by atoms with Crippen LogP contribution in [0.2, 0.25) is 0 Å². The van der Waals surface area contributed by atoms with Gasteiger partial charge >= 0.3 is 0 Å². The first-order chi connectivity index (χ1) is 7.17. The van der Waals surface area contributed by atoms with Gasteiger partial charge in [-0.1, -0.05) is 6.07 Å². The number of nitriles is 2. The summed E-state index contributed by atoms with van der Waals surface area (Å²) in [6, 6.07) is 11.2. The maximum atomic E-state index is 8.65. The zero-order chi connectivity index (χ0) is 11.3. The minimum atomic E-state index is -0.614. The molecule has 0 heterocycles. The quantitative estimate of drug-likeness (QED) is 0.747. The van der Waals surface area contributed by atoms with Crippen molar-refractivity contribution in [2.75, 3.05) is 24.2 Å². The molecule has 0 fully saturated rings. The van der Waals surface area contributed by atoms with E-state index >= 15 is 0 Å². The van der Waals surface area contributed by atoms with E-state index in [4.69, 9.17) is 16.3 Å². The molecule has 0 bridgehead atoms. The molecule has 0 saturated carbocycles. The van der Waals surface area contributed by atoms with Gasteiger partial charge in [0, 0.05) is 25.0 Å². The topological polar surface area (TPSA) is 76.8 Å². The zero-order valence-corrected chi connectivity index (χ0v) is 8.51. The number of benzene rings is 1. The summed E-state index contributed by atoms with van der Waals surface area (Å²) < 4.78 is 0. The van der Waals surface area contributed by atoms with Gasteiger partial charge in [0.05, 0.1) is 12.1 Å². The van der Waals surface area contributed by atoms with Crippen LogP contribution in [0, 0.1) is 28.6 Å². The Morgan fingerprint density at radius 1 is 1.40 bits per heavy atom. The molecule has 15 heavy (non-hydrogen) atoms. The average Bonchev–Trinajstić information content (AvgIpc) is 2.25. The number of hydrogen-bond donors (Lipinski definition) is 1. The Hall–Kier alpha value is -2.20. The lowest BCUT2D eigenvalue weighted by molar-refractivity contribution is 0.790. The molecule has 0 aliphatic carbocycles. The number of anilines is 2. The van der Waals surface area contributed by atoms with Crippen molar-refractivity contribution < 1.29 is 0 Å². The largest absolute Gasteiger partial charge is 0.399 e. The van der Waals surface area contributed by atoms with Crippen LogP contribution in [0.4, 0.5) is 11.4 Å². The molecule has 0 amide bonds. The fraction of sp³-hybridized carbons (Fsp3) is 0.273. The van der Waals surface area contributed by atoms with Crippen molar-refractivity contribution in [3.05, 3.63) is 24.3 Å². The second-order valence-corrected chi connectivity index (χ2v) is 3.29. The first-order valence-corrected chi connectivity index (χ1v) is 4.53. The molecular formula is C11H12N4. The molecule has 0 saturated heterocycles. The highest BCUT2D eigenvalue weighted by molar-refractivity contribution is 5.55. The van der Waals surface area contributed by atoms with Crippen LogP contribution in [0.1, 0.15) is 0 Å². The smallest absolute Gasteiger partial charge is 0.150 e. The van der Waals surface area contributed by atoms with Crippen molar-refractivity contribution in [1.29, 1.82) is 10.5 Å². The van der Waals surface area contributed by atoms with Crippen LogP contribution in [0.15, 0.2) is 24.3 Å². The fourth-order valence-electron chi connectivity index (χ4n) is 1.25. The molecule has 1 aromatic rings. The van der Waals surface area contributed by atoms with Gasteiger partial charge in [0.1, 0.15) is 0 Å². The Kier molecular flexibility index (Phi) is 3.54. The number of rotatable bonds is 3. The van der Waals surface area contributed by atoms with Gasteiger partial charge in [-0.3, -0.25) is 0 Å². The van der Waals surface area contributed by atoms with E-state index in [1.807, 2.05) is 42.3 Å². The molecule has 2 N–H and O–H groups in total. The molecule has 4 heteroatoms. The van der Waals surface area contributed by atoms with Crippen molar-refractivity contribution in [3.63, 3.8) is 0 Å². The molecule has 1 aromatic carbocycles. The Bertz CT molecular complexity index is 399. The maximum absolute atomic E-state index is 8.65. The van der Waals surface area contributed by atoms with Crippen LogP contribution < -0.4 is 10.6 Å². The zero-order valence-electron chi connectivity index (χ0n) is 8.51. The van der Waals surface area contributed by atoms with Crippen LogP contribution in [0.5, 0.6) is 0 Å². The van der Waals surface area contributed by atoms with Crippen LogP contribution in [0.25, 0.3) is 0 Å². The second-order valence-electron chi connectivity index (χ2n) is 3.29. The second kappa shape index (κ2) is 4.88. The van der Waals surface area contributed by atoms with E-state index < -0.39 is 5.92 Å². The van der Waals surface area contributed by atoms with Gasteiger partial charge in [0.25, 0.3) is 0 Å². The Labute approximate surface area is 89.1 Å². The van der Waals surface area contributed by atoms with Crippen LogP contribution >= 0.6 is 0 Å². The summed E-state index contributed by atoms with van der Waals surface area (Å²) in [4.78, 5) is 1.84. The van der Waals surface area contributed by atoms with Gasteiger partial charge in [-0.15, -0.1) is 0 Å².